The molecule has 2 aromatic carbocycles. The number of ether oxygens (including phenoxy) is 1. The lowest BCUT2D eigenvalue weighted by Crippen LogP contribution is -2.36. The Morgan fingerprint density at radius 2 is 2.00 bits per heavy atom. The smallest absolute Gasteiger partial charge is 0.226 e. The van der Waals surface area contributed by atoms with Gasteiger partial charge in [-0.2, -0.15) is 10.1 Å². The molecule has 0 saturated heterocycles. The predicted molar refractivity (Wildman–Crippen MR) is 124 cm³/mol. The fourth-order valence-electron chi connectivity index (χ4n) is 4.47. The van der Waals surface area contributed by atoms with Gasteiger partial charge in [-0.05, 0) is 30.0 Å². The third-order valence-corrected chi connectivity index (χ3v) is 6.47. The minimum atomic E-state index is -0.413. The molecule has 0 saturated carbocycles. The normalized spacial score (nSPS) is 19.2. The first-order valence-corrected chi connectivity index (χ1v) is 11.2. The van der Waals surface area contributed by atoms with Crippen molar-refractivity contribution in [1.82, 2.24) is 14.8 Å². The number of rotatable bonds is 4. The van der Waals surface area contributed by atoms with E-state index in [9.17, 15) is 4.79 Å². The summed E-state index contributed by atoms with van der Waals surface area (Å²) in [5.74, 6) is 1.40. The van der Waals surface area contributed by atoms with Gasteiger partial charge >= 0.3 is 0 Å². The van der Waals surface area contributed by atoms with Crippen LogP contribution in [0.5, 0.6) is 5.75 Å². The number of fused-ring (bicyclic) bond motifs is 1. The van der Waals surface area contributed by atoms with Gasteiger partial charge in [0.05, 0.1) is 0 Å². The van der Waals surface area contributed by atoms with Crippen LogP contribution in [0.3, 0.4) is 0 Å². The summed E-state index contributed by atoms with van der Waals surface area (Å²) in [6.45, 7) is 4.49. The van der Waals surface area contributed by atoms with Crippen LogP contribution in [0.1, 0.15) is 43.9 Å². The molecule has 0 radical (unpaired) electrons. The molecule has 2 heterocycles. The molecule has 1 N–H and O–H groups in total. The first-order chi connectivity index (χ1) is 15.3. The molecule has 0 amide bonds. The molecule has 8 heteroatoms. The zero-order valence-electron chi connectivity index (χ0n) is 17.7. The van der Waals surface area contributed by atoms with Gasteiger partial charge in [0.15, 0.2) is 5.78 Å². The molecule has 1 aliphatic carbocycles. The maximum absolute atomic E-state index is 13.3. The average molecular weight is 469 g/mol. The second-order valence-electron chi connectivity index (χ2n) is 8.95. The van der Waals surface area contributed by atoms with E-state index in [1.165, 1.54) is 6.33 Å². The minimum Gasteiger partial charge on any atom is -0.488 e. The summed E-state index contributed by atoms with van der Waals surface area (Å²) in [7, 11) is 0. The number of allylic oxidation sites excluding steroid dienone is 2. The maximum Gasteiger partial charge on any atom is 0.226 e. The minimum absolute atomic E-state index is 0.114. The van der Waals surface area contributed by atoms with Crippen LogP contribution in [0.25, 0.3) is 0 Å². The van der Waals surface area contributed by atoms with E-state index in [0.29, 0.717) is 28.2 Å². The van der Waals surface area contributed by atoms with Gasteiger partial charge in [-0.25, -0.2) is 4.68 Å². The van der Waals surface area contributed by atoms with Gasteiger partial charge in [-0.1, -0.05) is 61.3 Å². The molecule has 0 unspecified atom stereocenters. The fraction of sp³-hybridized carbons (Fsp3) is 0.292. The number of halogens is 2. The molecular formula is C24H22Cl2N4O2. The van der Waals surface area contributed by atoms with Crippen LogP contribution in [0.4, 0.5) is 5.95 Å². The highest BCUT2D eigenvalue weighted by Crippen LogP contribution is 2.46. The van der Waals surface area contributed by atoms with Crippen LogP contribution in [0.2, 0.25) is 10.0 Å². The molecule has 3 aromatic rings. The van der Waals surface area contributed by atoms with Gasteiger partial charge in [0.25, 0.3) is 0 Å². The number of Topliss-reactive ketones (excluding diaryl/α,β-unsaturated/α-hetero) is 1. The van der Waals surface area contributed by atoms with Crippen molar-refractivity contribution in [2.24, 2.45) is 5.41 Å². The molecule has 5 rings (SSSR count). The van der Waals surface area contributed by atoms with Crippen molar-refractivity contribution in [1.29, 1.82) is 0 Å². The standard InChI is InChI=1S/C24H22Cl2N4O2/c1-24(2)10-18-21(19(31)11-24)22(30-23(29-18)27-13-28-30)16-5-3-4-6-20(16)32-12-14-7-8-15(25)9-17(14)26/h3-9,13,22H,10-12H2,1-2H3,(H,27,28,29)/t22-/m0/s1. The summed E-state index contributed by atoms with van der Waals surface area (Å²) >= 11 is 12.3. The number of aromatic nitrogens is 3. The summed E-state index contributed by atoms with van der Waals surface area (Å²) in [6.07, 6.45) is 2.75. The number of ketones is 1. The van der Waals surface area contributed by atoms with Gasteiger partial charge in [0.2, 0.25) is 5.95 Å². The van der Waals surface area contributed by atoms with Crippen LogP contribution in [0, 0.1) is 5.41 Å². The largest absolute Gasteiger partial charge is 0.488 e. The molecule has 164 valence electrons. The quantitative estimate of drug-likeness (QED) is 0.522. The first-order valence-electron chi connectivity index (χ1n) is 10.4. The number of nitrogens with one attached hydrogen (secondary N) is 1. The number of nitrogens with zero attached hydrogens (tertiary/aromatic N) is 3. The first kappa shape index (κ1) is 21.0. The topological polar surface area (TPSA) is 69.0 Å². The van der Waals surface area contributed by atoms with E-state index in [-0.39, 0.29) is 17.8 Å². The lowest BCUT2D eigenvalue weighted by Gasteiger charge is -2.38. The number of carbonyl (C=O) groups excluding carboxylic acids is 1. The van der Waals surface area contributed by atoms with Crippen molar-refractivity contribution in [2.45, 2.75) is 39.3 Å². The van der Waals surface area contributed by atoms with Crippen molar-refractivity contribution in [2.75, 3.05) is 5.32 Å². The number of carbonyl (C=O) groups is 1. The average Bonchev–Trinajstić information content (AvgIpc) is 3.19. The van der Waals surface area contributed by atoms with Crippen LogP contribution >= 0.6 is 23.2 Å². The van der Waals surface area contributed by atoms with E-state index < -0.39 is 6.04 Å². The van der Waals surface area contributed by atoms with Gasteiger partial charge in [0.1, 0.15) is 24.7 Å². The Hall–Kier alpha value is -2.83. The van der Waals surface area contributed by atoms with Crippen molar-refractivity contribution < 1.29 is 9.53 Å². The van der Waals surface area contributed by atoms with Crippen molar-refractivity contribution in [3.63, 3.8) is 0 Å². The van der Waals surface area contributed by atoms with Gasteiger partial charge in [-0.15, -0.1) is 0 Å². The highest BCUT2D eigenvalue weighted by atomic mass is 35.5. The van der Waals surface area contributed by atoms with Crippen LogP contribution < -0.4 is 10.1 Å². The number of para-hydroxylation sites is 1. The molecule has 0 bridgehead atoms. The Bertz CT molecular complexity index is 1250. The second-order valence-corrected chi connectivity index (χ2v) is 9.79. The molecule has 0 fully saturated rings. The molecule has 32 heavy (non-hydrogen) atoms. The molecule has 1 atom stereocenters. The van der Waals surface area contributed by atoms with E-state index >= 15 is 0 Å². The Kier molecular flexibility index (Phi) is 5.22. The molecule has 1 aromatic heterocycles. The van der Waals surface area contributed by atoms with E-state index in [2.05, 4.69) is 29.2 Å². The summed E-state index contributed by atoms with van der Waals surface area (Å²) in [5.41, 5.74) is 3.20. The fourth-order valence-corrected chi connectivity index (χ4v) is 4.93. The third-order valence-electron chi connectivity index (χ3n) is 5.89. The van der Waals surface area contributed by atoms with Crippen LogP contribution in [-0.4, -0.2) is 20.5 Å². The van der Waals surface area contributed by atoms with E-state index in [1.54, 1.807) is 16.8 Å². The number of hydrogen-bond acceptors (Lipinski definition) is 5. The maximum atomic E-state index is 13.3. The second kappa shape index (κ2) is 7.94. The highest BCUT2D eigenvalue weighted by Gasteiger charge is 2.42. The summed E-state index contributed by atoms with van der Waals surface area (Å²) < 4.78 is 7.96. The number of benzene rings is 2. The molecule has 2 aliphatic rings. The number of anilines is 1. The summed E-state index contributed by atoms with van der Waals surface area (Å²) in [5, 5.41) is 8.88. The Labute approximate surface area is 196 Å². The molecule has 0 spiro atoms. The van der Waals surface area contributed by atoms with Gasteiger partial charge in [0, 0.05) is 38.9 Å². The monoisotopic (exact) mass is 468 g/mol. The van der Waals surface area contributed by atoms with Crippen molar-refractivity contribution in [3.8, 4) is 5.75 Å². The number of hydrogen-bond donors (Lipinski definition) is 1. The lowest BCUT2D eigenvalue weighted by atomic mass is 9.73. The Morgan fingerprint density at radius 1 is 1.19 bits per heavy atom. The zero-order valence-corrected chi connectivity index (χ0v) is 19.2. The lowest BCUT2D eigenvalue weighted by molar-refractivity contribution is -0.118. The van der Waals surface area contributed by atoms with Crippen LogP contribution in [0.15, 0.2) is 60.1 Å². The van der Waals surface area contributed by atoms with E-state index in [0.717, 1.165) is 28.8 Å². The summed E-state index contributed by atoms with van der Waals surface area (Å²) in [6, 6.07) is 12.6. The zero-order chi connectivity index (χ0) is 22.5. The highest BCUT2D eigenvalue weighted by molar-refractivity contribution is 6.35. The van der Waals surface area contributed by atoms with Crippen molar-refractivity contribution >= 4 is 34.9 Å². The van der Waals surface area contributed by atoms with E-state index in [1.807, 2.05) is 30.3 Å². The molecule has 1 aliphatic heterocycles. The van der Waals surface area contributed by atoms with Crippen molar-refractivity contribution in [3.05, 3.63) is 81.2 Å². The SMILES string of the molecule is CC1(C)CC(=O)C2=C(C1)Nc1ncnn1[C@H]2c1ccccc1OCc1ccc(Cl)cc1Cl. The van der Waals surface area contributed by atoms with Gasteiger partial charge < -0.3 is 10.1 Å². The van der Waals surface area contributed by atoms with E-state index in [4.69, 9.17) is 27.9 Å². The third kappa shape index (κ3) is 3.78. The molecular weight excluding hydrogens is 447 g/mol. The Balaban J connectivity index is 1.55. The van der Waals surface area contributed by atoms with Crippen LogP contribution in [-0.2, 0) is 11.4 Å². The predicted octanol–water partition coefficient (Wildman–Crippen LogP) is 5.82. The Morgan fingerprint density at radius 3 is 2.81 bits per heavy atom. The summed E-state index contributed by atoms with van der Waals surface area (Å²) in [4.78, 5) is 17.7. The van der Waals surface area contributed by atoms with Gasteiger partial charge in [-0.3, -0.25) is 4.79 Å². The molecule has 6 nitrogen and oxygen atoms in total.